The quantitative estimate of drug-likeness (QED) is 0.431. The van der Waals surface area contributed by atoms with Crippen molar-refractivity contribution in [2.24, 2.45) is 0 Å². The van der Waals surface area contributed by atoms with Crippen molar-refractivity contribution < 1.29 is 14.3 Å². The number of rotatable bonds is 3. The Bertz CT molecular complexity index is 1140. The van der Waals surface area contributed by atoms with E-state index in [2.05, 4.69) is 38.0 Å². The van der Waals surface area contributed by atoms with E-state index < -0.39 is 11.8 Å². The number of hydrogen-bond donors (Lipinski definition) is 1. The second-order valence-electron chi connectivity index (χ2n) is 8.92. The monoisotopic (exact) mass is 449 g/mol. The van der Waals surface area contributed by atoms with E-state index in [1.807, 2.05) is 30.3 Å². The van der Waals surface area contributed by atoms with E-state index in [9.17, 15) is 9.59 Å². The van der Waals surface area contributed by atoms with Crippen molar-refractivity contribution in [2.75, 3.05) is 24.0 Å². The first-order valence-electron chi connectivity index (χ1n) is 10.6. The topological polar surface area (TPSA) is 61.9 Å². The summed E-state index contributed by atoms with van der Waals surface area (Å²) in [4.78, 5) is 29.6. The van der Waals surface area contributed by atoms with Crippen LogP contribution in [0.2, 0.25) is 0 Å². The summed E-state index contributed by atoms with van der Waals surface area (Å²) in [6.45, 7) is 6.65. The van der Waals surface area contributed by atoms with Gasteiger partial charge in [-0.25, -0.2) is 0 Å². The number of carbonyl (C=O) groups is 2. The molecule has 2 amide bonds. The van der Waals surface area contributed by atoms with Gasteiger partial charge in [0.05, 0.1) is 12.8 Å². The van der Waals surface area contributed by atoms with Crippen LogP contribution >= 0.6 is 12.2 Å². The molecule has 2 aromatic carbocycles. The number of nitrogens with one attached hydrogen (secondary N) is 1. The predicted molar refractivity (Wildman–Crippen MR) is 131 cm³/mol. The molecule has 32 heavy (non-hydrogen) atoms. The first kappa shape index (κ1) is 22.0. The largest absolute Gasteiger partial charge is 0.496 e. The Morgan fingerprint density at radius 2 is 1.88 bits per heavy atom. The van der Waals surface area contributed by atoms with Crippen LogP contribution in [0.1, 0.15) is 44.2 Å². The molecule has 0 aliphatic carbocycles. The van der Waals surface area contributed by atoms with Crippen molar-refractivity contribution in [3.63, 3.8) is 0 Å². The number of anilines is 2. The summed E-state index contributed by atoms with van der Waals surface area (Å²) in [6.07, 6.45) is 2.59. The van der Waals surface area contributed by atoms with Crippen LogP contribution in [0, 0.1) is 0 Å². The van der Waals surface area contributed by atoms with Gasteiger partial charge in [-0.15, -0.1) is 0 Å². The molecule has 1 saturated heterocycles. The molecule has 1 atom stereocenters. The summed E-state index contributed by atoms with van der Waals surface area (Å²) in [5.41, 5.74) is 3.58. The van der Waals surface area contributed by atoms with Crippen LogP contribution in [-0.4, -0.2) is 36.6 Å². The van der Waals surface area contributed by atoms with E-state index >= 15 is 0 Å². The van der Waals surface area contributed by atoms with E-state index in [-0.39, 0.29) is 16.2 Å². The lowest BCUT2D eigenvalue weighted by Gasteiger charge is -2.45. The molecule has 2 aliphatic heterocycles. The molecule has 2 aliphatic rings. The van der Waals surface area contributed by atoms with Crippen LogP contribution in [0.3, 0.4) is 0 Å². The Morgan fingerprint density at radius 3 is 2.53 bits per heavy atom. The average molecular weight is 450 g/mol. The Balaban J connectivity index is 1.81. The van der Waals surface area contributed by atoms with Crippen LogP contribution in [-0.2, 0) is 9.59 Å². The van der Waals surface area contributed by atoms with Crippen molar-refractivity contribution in [1.29, 1.82) is 0 Å². The van der Waals surface area contributed by atoms with Gasteiger partial charge in [0.2, 0.25) is 0 Å². The summed E-state index contributed by atoms with van der Waals surface area (Å²) < 4.78 is 5.65. The molecular formula is C25H27N3O3S. The third-order valence-corrected chi connectivity index (χ3v) is 6.69. The van der Waals surface area contributed by atoms with Gasteiger partial charge in [0.1, 0.15) is 11.3 Å². The highest BCUT2D eigenvalue weighted by Crippen LogP contribution is 2.45. The lowest BCUT2D eigenvalue weighted by molar-refractivity contribution is -0.122. The maximum absolute atomic E-state index is 13.3. The maximum Gasteiger partial charge on any atom is 0.270 e. The summed E-state index contributed by atoms with van der Waals surface area (Å²) in [7, 11) is 3.67. The van der Waals surface area contributed by atoms with Crippen LogP contribution < -0.4 is 19.9 Å². The molecule has 166 valence electrons. The highest BCUT2D eigenvalue weighted by molar-refractivity contribution is 7.80. The van der Waals surface area contributed by atoms with Crippen molar-refractivity contribution in [3.05, 3.63) is 59.2 Å². The van der Waals surface area contributed by atoms with Crippen molar-refractivity contribution in [2.45, 2.75) is 38.6 Å². The van der Waals surface area contributed by atoms with Crippen LogP contribution in [0.4, 0.5) is 11.4 Å². The molecule has 0 radical (unpaired) electrons. The molecule has 6 nitrogen and oxygen atoms in total. The number of hydrogen-bond acceptors (Lipinski definition) is 5. The van der Waals surface area contributed by atoms with Crippen LogP contribution in [0.25, 0.3) is 6.08 Å². The fourth-order valence-electron chi connectivity index (χ4n) is 4.52. The zero-order chi connectivity index (χ0) is 23.2. The lowest BCUT2D eigenvalue weighted by Crippen LogP contribution is -2.54. The number of ether oxygens (including phenoxy) is 1. The fourth-order valence-corrected chi connectivity index (χ4v) is 4.81. The highest BCUT2D eigenvalue weighted by atomic mass is 32.1. The number of thiocarbonyl (C=S) groups is 1. The number of para-hydroxylation sites is 1. The maximum atomic E-state index is 13.3. The highest BCUT2D eigenvalue weighted by Gasteiger charge is 2.37. The van der Waals surface area contributed by atoms with Gasteiger partial charge in [0.25, 0.3) is 11.8 Å². The summed E-state index contributed by atoms with van der Waals surface area (Å²) in [5.74, 6) is -0.0502. The summed E-state index contributed by atoms with van der Waals surface area (Å²) in [6, 6.07) is 13.1. The Morgan fingerprint density at radius 1 is 1.19 bits per heavy atom. The van der Waals surface area contributed by atoms with E-state index in [0.717, 1.165) is 12.1 Å². The molecule has 0 spiro atoms. The number of methoxy groups -OCH3 is 1. The van der Waals surface area contributed by atoms with Crippen LogP contribution in [0.5, 0.6) is 5.75 Å². The third kappa shape index (κ3) is 3.66. The molecule has 0 aromatic heterocycles. The minimum atomic E-state index is -0.516. The number of carbonyl (C=O) groups excluding carboxylic acids is 2. The Labute approximate surface area is 193 Å². The smallest absolute Gasteiger partial charge is 0.270 e. The Hall–Kier alpha value is -3.19. The molecule has 2 aromatic rings. The molecule has 2 heterocycles. The standard InChI is InChI=1S/C25H27N3O3S/c1-15-14-25(2,3)27(4)20-13-21(31-5)16(11-18(15)20)12-19-22(29)26-24(32)28(23(19)30)17-9-7-6-8-10-17/h6-13,15H,14H2,1-5H3,(H,26,29,32)/b19-12-. The van der Waals surface area contributed by atoms with Gasteiger partial charge in [-0.05, 0) is 68.2 Å². The number of amides is 2. The summed E-state index contributed by atoms with van der Waals surface area (Å²) >= 11 is 5.28. The van der Waals surface area contributed by atoms with Gasteiger partial charge in [-0.1, -0.05) is 25.1 Å². The molecule has 0 saturated carbocycles. The second kappa shape index (κ2) is 8.06. The van der Waals surface area contributed by atoms with Gasteiger partial charge < -0.3 is 9.64 Å². The fraction of sp³-hybridized carbons (Fsp3) is 0.320. The average Bonchev–Trinajstić information content (AvgIpc) is 2.75. The predicted octanol–water partition coefficient (Wildman–Crippen LogP) is 4.25. The van der Waals surface area contributed by atoms with Gasteiger partial charge in [-0.3, -0.25) is 19.8 Å². The van der Waals surface area contributed by atoms with Gasteiger partial charge >= 0.3 is 0 Å². The third-order valence-electron chi connectivity index (χ3n) is 6.40. The number of benzene rings is 2. The minimum Gasteiger partial charge on any atom is -0.496 e. The molecule has 1 unspecified atom stereocenters. The zero-order valence-electron chi connectivity index (χ0n) is 18.9. The molecule has 7 heteroatoms. The van der Waals surface area contributed by atoms with Gasteiger partial charge in [0, 0.05) is 29.9 Å². The SMILES string of the molecule is COc1cc2c(cc1/C=C1/C(=O)NC(=S)N(c3ccccc3)C1=O)C(C)CC(C)(C)N2C. The van der Waals surface area contributed by atoms with Crippen molar-refractivity contribution >= 4 is 46.6 Å². The van der Waals surface area contributed by atoms with E-state index in [1.54, 1.807) is 25.3 Å². The number of fused-ring (bicyclic) bond motifs is 1. The molecule has 0 bridgehead atoms. The van der Waals surface area contributed by atoms with Crippen molar-refractivity contribution in [1.82, 2.24) is 5.32 Å². The molecular weight excluding hydrogens is 422 g/mol. The summed E-state index contributed by atoms with van der Waals surface area (Å²) in [5, 5.41) is 2.70. The minimum absolute atomic E-state index is 0.0119. The van der Waals surface area contributed by atoms with Crippen LogP contribution in [0.15, 0.2) is 48.0 Å². The van der Waals surface area contributed by atoms with Gasteiger partial charge in [0.15, 0.2) is 5.11 Å². The van der Waals surface area contributed by atoms with E-state index in [4.69, 9.17) is 17.0 Å². The first-order chi connectivity index (χ1) is 15.1. The molecule has 4 rings (SSSR count). The second-order valence-corrected chi connectivity index (χ2v) is 9.31. The van der Waals surface area contributed by atoms with Gasteiger partial charge in [-0.2, -0.15) is 0 Å². The van der Waals surface area contributed by atoms with E-state index in [0.29, 0.717) is 22.9 Å². The zero-order valence-corrected chi connectivity index (χ0v) is 19.7. The first-order valence-corrected chi connectivity index (χ1v) is 11.0. The number of nitrogens with zero attached hydrogens (tertiary/aromatic N) is 2. The lowest BCUT2D eigenvalue weighted by atomic mass is 9.79. The molecule has 1 N–H and O–H groups in total. The normalized spacial score (nSPS) is 21.5. The molecule has 1 fully saturated rings. The van der Waals surface area contributed by atoms with Crippen molar-refractivity contribution in [3.8, 4) is 5.75 Å². The van der Waals surface area contributed by atoms with E-state index in [1.165, 1.54) is 10.5 Å². The Kier molecular flexibility index (Phi) is 5.54.